The number of hydrogen-bond donors (Lipinski definition) is 0. The van der Waals surface area contributed by atoms with E-state index in [4.69, 9.17) is 0 Å². The summed E-state index contributed by atoms with van der Waals surface area (Å²) >= 11 is 1.88. The van der Waals surface area contributed by atoms with Gasteiger partial charge in [-0.2, -0.15) is 0 Å². The number of hydrogen-bond acceptors (Lipinski definition) is 2. The van der Waals surface area contributed by atoms with Crippen LogP contribution in [-0.4, -0.2) is 0 Å². The van der Waals surface area contributed by atoms with Gasteiger partial charge in [-0.25, -0.2) is 0 Å². The van der Waals surface area contributed by atoms with E-state index in [9.17, 15) is 0 Å². The summed E-state index contributed by atoms with van der Waals surface area (Å²) in [4.78, 5) is 2.43. The van der Waals surface area contributed by atoms with Crippen molar-refractivity contribution in [2.75, 3.05) is 4.90 Å². The van der Waals surface area contributed by atoms with Crippen LogP contribution in [0.4, 0.5) is 17.1 Å². The largest absolute Gasteiger partial charge is 0.310 e. The Kier molecular flexibility index (Phi) is 8.11. The van der Waals surface area contributed by atoms with Gasteiger partial charge in [-0.15, -0.1) is 11.3 Å². The Hall–Kier alpha value is -7.52. The van der Waals surface area contributed by atoms with Crippen LogP contribution in [0.3, 0.4) is 0 Å². The van der Waals surface area contributed by atoms with Crippen molar-refractivity contribution in [3.63, 3.8) is 0 Å². The molecule has 11 aromatic carbocycles. The molecule has 0 unspecified atom stereocenters. The second kappa shape index (κ2) is 14.1. The molecule has 0 spiro atoms. The Bertz CT molecular complexity index is 3590. The zero-order valence-corrected chi connectivity index (χ0v) is 33.5. The third-order valence-electron chi connectivity index (χ3n) is 12.2. The summed E-state index contributed by atoms with van der Waals surface area (Å²) in [6.45, 7) is 0. The lowest BCUT2D eigenvalue weighted by Crippen LogP contribution is -2.10. The van der Waals surface area contributed by atoms with Crippen LogP contribution in [-0.2, 0) is 0 Å². The summed E-state index contributed by atoms with van der Waals surface area (Å²) < 4.78 is 2.65. The lowest BCUT2D eigenvalue weighted by Gasteiger charge is -2.27. The zero-order valence-electron chi connectivity index (χ0n) is 32.7. The second-order valence-electron chi connectivity index (χ2n) is 15.6. The number of rotatable bonds is 6. The van der Waals surface area contributed by atoms with E-state index in [-0.39, 0.29) is 0 Å². The minimum Gasteiger partial charge on any atom is -0.310 e. The van der Waals surface area contributed by atoms with E-state index in [2.05, 4.69) is 229 Å². The molecule has 0 aliphatic heterocycles. The Morgan fingerprint density at radius 1 is 0.283 bits per heavy atom. The summed E-state index contributed by atoms with van der Waals surface area (Å²) in [6, 6.07) is 82.6. The lowest BCUT2D eigenvalue weighted by atomic mass is 9.85. The number of fused-ring (bicyclic) bond motifs is 9. The summed E-state index contributed by atoms with van der Waals surface area (Å²) in [5.74, 6) is 0. The Balaban J connectivity index is 1.10. The van der Waals surface area contributed by atoms with Gasteiger partial charge in [0.2, 0.25) is 0 Å². The number of benzene rings is 11. The number of nitrogens with zero attached hydrogens (tertiary/aromatic N) is 1. The molecule has 1 aromatic heterocycles. The molecule has 0 saturated heterocycles. The second-order valence-corrected chi connectivity index (χ2v) is 16.7. The summed E-state index contributed by atoms with van der Waals surface area (Å²) in [7, 11) is 0. The minimum atomic E-state index is 1.10. The van der Waals surface area contributed by atoms with Crippen LogP contribution in [0.5, 0.6) is 0 Å². The van der Waals surface area contributed by atoms with Crippen molar-refractivity contribution in [3.8, 4) is 33.4 Å². The van der Waals surface area contributed by atoms with Gasteiger partial charge in [0.05, 0.1) is 0 Å². The molecule has 280 valence electrons. The van der Waals surface area contributed by atoms with Crippen molar-refractivity contribution in [1.29, 1.82) is 0 Å². The van der Waals surface area contributed by atoms with Crippen molar-refractivity contribution in [2.24, 2.45) is 0 Å². The fourth-order valence-corrected chi connectivity index (χ4v) is 10.7. The number of anilines is 3. The van der Waals surface area contributed by atoms with E-state index < -0.39 is 0 Å². The molecular weight excluding hydrogens is 743 g/mol. The molecule has 12 aromatic rings. The molecule has 0 bridgehead atoms. The fourth-order valence-electron chi connectivity index (χ4n) is 9.48. The molecule has 1 nitrogen and oxygen atoms in total. The third kappa shape index (κ3) is 5.61. The SMILES string of the molecule is c1ccc(-c2c(-c3ccccc3)c3cc(N(c4ccc(-c5cccc6c5sc5ccccc56)cc4)c4ccc5c(ccc6ccccc65)c4)ccc3c3ccccc23)cc1. The summed E-state index contributed by atoms with van der Waals surface area (Å²) in [6.07, 6.45) is 0. The lowest BCUT2D eigenvalue weighted by molar-refractivity contribution is 1.30. The molecule has 12 rings (SSSR count). The maximum Gasteiger partial charge on any atom is 0.0468 e. The molecule has 0 atom stereocenters. The summed E-state index contributed by atoms with van der Waals surface area (Å²) in [5, 5.41) is 12.6. The van der Waals surface area contributed by atoms with Gasteiger partial charge >= 0.3 is 0 Å². The van der Waals surface area contributed by atoms with Gasteiger partial charge in [0.1, 0.15) is 0 Å². The van der Waals surface area contributed by atoms with Crippen LogP contribution in [0.15, 0.2) is 224 Å². The normalized spacial score (nSPS) is 11.7. The topological polar surface area (TPSA) is 3.24 Å². The van der Waals surface area contributed by atoms with Crippen LogP contribution < -0.4 is 4.90 Å². The maximum absolute atomic E-state index is 2.43. The molecule has 1 heterocycles. The van der Waals surface area contributed by atoms with Crippen molar-refractivity contribution in [3.05, 3.63) is 224 Å². The average molecular weight is 780 g/mol. The first kappa shape index (κ1) is 34.5. The molecular formula is C58H37NS. The first-order valence-electron chi connectivity index (χ1n) is 20.6. The van der Waals surface area contributed by atoms with E-state index in [1.54, 1.807) is 0 Å². The van der Waals surface area contributed by atoms with E-state index in [0.29, 0.717) is 0 Å². The molecule has 0 aliphatic carbocycles. The van der Waals surface area contributed by atoms with Gasteiger partial charge in [0.15, 0.2) is 0 Å². The zero-order chi connectivity index (χ0) is 39.6. The first-order chi connectivity index (χ1) is 29.8. The highest BCUT2D eigenvalue weighted by molar-refractivity contribution is 7.26. The number of thiophene rings is 1. The van der Waals surface area contributed by atoms with E-state index in [1.165, 1.54) is 96.6 Å². The highest BCUT2D eigenvalue weighted by Gasteiger charge is 2.21. The molecule has 0 amide bonds. The first-order valence-corrected chi connectivity index (χ1v) is 21.4. The maximum atomic E-state index is 2.43. The van der Waals surface area contributed by atoms with Crippen LogP contribution in [0.1, 0.15) is 0 Å². The van der Waals surface area contributed by atoms with Gasteiger partial charge in [0, 0.05) is 37.2 Å². The standard InChI is InChI=1S/C58H37NS/c1-3-15-40(16-4-1)56-52-22-10-9-20-49(52)50-35-33-45(37-54(50)57(56)41-17-5-2-6-18-41)59(44-32-34-47-42(36-44)27-26-38-14-7-8-19-46(38)47)43-30-28-39(29-31-43)48-23-13-24-53-51-21-11-12-25-55(51)60-58(48)53/h1-37H. The predicted molar refractivity (Wildman–Crippen MR) is 260 cm³/mol. The van der Waals surface area contributed by atoms with E-state index >= 15 is 0 Å². The highest BCUT2D eigenvalue weighted by Crippen LogP contribution is 2.48. The molecule has 60 heavy (non-hydrogen) atoms. The van der Waals surface area contributed by atoms with Crippen molar-refractivity contribution >= 4 is 91.7 Å². The average Bonchev–Trinajstić information content (AvgIpc) is 3.71. The van der Waals surface area contributed by atoms with Crippen molar-refractivity contribution in [2.45, 2.75) is 0 Å². The van der Waals surface area contributed by atoms with E-state index in [0.717, 1.165) is 17.1 Å². The monoisotopic (exact) mass is 779 g/mol. The van der Waals surface area contributed by atoms with Crippen LogP contribution >= 0.6 is 11.3 Å². The van der Waals surface area contributed by atoms with Crippen LogP contribution in [0, 0.1) is 0 Å². The molecule has 0 N–H and O–H groups in total. The fraction of sp³-hybridized carbons (Fsp3) is 0. The van der Waals surface area contributed by atoms with Gasteiger partial charge in [-0.3, -0.25) is 0 Å². The van der Waals surface area contributed by atoms with Gasteiger partial charge in [-0.05, 0) is 119 Å². The van der Waals surface area contributed by atoms with Crippen molar-refractivity contribution < 1.29 is 0 Å². The highest BCUT2D eigenvalue weighted by atomic mass is 32.1. The molecule has 2 heteroatoms. The van der Waals surface area contributed by atoms with Crippen molar-refractivity contribution in [1.82, 2.24) is 0 Å². The predicted octanol–water partition coefficient (Wildman–Crippen LogP) is 17.1. The Labute approximate surface area is 352 Å². The van der Waals surface area contributed by atoms with E-state index in [1.807, 2.05) is 11.3 Å². The quantitative estimate of drug-likeness (QED) is 0.152. The third-order valence-corrected chi connectivity index (χ3v) is 13.4. The summed E-state index contributed by atoms with van der Waals surface area (Å²) in [5.41, 5.74) is 10.7. The van der Waals surface area contributed by atoms with Gasteiger partial charge in [-0.1, -0.05) is 182 Å². The van der Waals surface area contributed by atoms with Gasteiger partial charge < -0.3 is 4.90 Å². The molecule has 0 aliphatic rings. The van der Waals surface area contributed by atoms with Crippen LogP contribution in [0.25, 0.3) is 96.6 Å². The molecule has 0 saturated carbocycles. The Morgan fingerprint density at radius 3 is 1.58 bits per heavy atom. The minimum absolute atomic E-state index is 1.10. The van der Waals surface area contributed by atoms with Crippen LogP contribution in [0.2, 0.25) is 0 Å². The Morgan fingerprint density at radius 2 is 0.817 bits per heavy atom. The molecule has 0 fully saturated rings. The van der Waals surface area contributed by atoms with Gasteiger partial charge in [0.25, 0.3) is 0 Å². The molecule has 0 radical (unpaired) electrons. The smallest absolute Gasteiger partial charge is 0.0468 e.